The fraction of sp³-hybridized carbons (Fsp3) is 0.100. The number of nitrogens with zero attached hydrogens (tertiary/aromatic N) is 1. The van der Waals surface area contributed by atoms with Crippen molar-refractivity contribution < 1.29 is 24.2 Å². The van der Waals surface area contributed by atoms with Gasteiger partial charge in [0.15, 0.2) is 5.13 Å². The molecule has 2 amide bonds. The third-order valence-electron chi connectivity index (χ3n) is 3.96. The first-order chi connectivity index (χ1) is 14.0. The van der Waals surface area contributed by atoms with E-state index in [1.807, 2.05) is 0 Å². The van der Waals surface area contributed by atoms with Crippen molar-refractivity contribution in [2.75, 3.05) is 12.4 Å². The number of rotatable bonds is 7. The van der Waals surface area contributed by atoms with Crippen molar-refractivity contribution in [3.8, 4) is 5.75 Å². The molecule has 0 bridgehead atoms. The van der Waals surface area contributed by atoms with Gasteiger partial charge in [-0.05, 0) is 42.0 Å². The Morgan fingerprint density at radius 3 is 2.28 bits per heavy atom. The first kappa shape index (κ1) is 20.0. The quantitative estimate of drug-likeness (QED) is 0.550. The highest BCUT2D eigenvalue weighted by Gasteiger charge is 2.13. The molecular weight excluding hydrogens is 394 g/mol. The topological polar surface area (TPSA) is 118 Å². The van der Waals surface area contributed by atoms with Crippen LogP contribution in [-0.2, 0) is 6.54 Å². The zero-order chi connectivity index (χ0) is 20.8. The van der Waals surface area contributed by atoms with E-state index in [0.29, 0.717) is 16.4 Å². The molecule has 0 unspecified atom stereocenters. The van der Waals surface area contributed by atoms with Crippen LogP contribution < -0.4 is 15.4 Å². The molecule has 0 fully saturated rings. The lowest BCUT2D eigenvalue weighted by Crippen LogP contribution is -2.23. The SMILES string of the molecule is COc1ccc(C(=O)Nc2nc(C(=O)NCc3ccc(C(=O)O)cc3)cs2)cc1. The third kappa shape index (κ3) is 5.17. The van der Waals surface area contributed by atoms with E-state index in [1.165, 1.54) is 12.1 Å². The molecule has 9 heteroatoms. The first-order valence-electron chi connectivity index (χ1n) is 8.47. The van der Waals surface area contributed by atoms with Crippen molar-refractivity contribution in [3.05, 3.63) is 76.3 Å². The molecule has 0 spiro atoms. The first-order valence-corrected chi connectivity index (χ1v) is 9.35. The number of carbonyl (C=O) groups is 3. The lowest BCUT2D eigenvalue weighted by molar-refractivity contribution is 0.0696. The lowest BCUT2D eigenvalue weighted by Gasteiger charge is -2.04. The standard InChI is InChI=1S/C20H17N3O5S/c1-28-15-8-6-13(7-9-15)17(24)23-20-22-16(11-29-20)18(25)21-10-12-2-4-14(5-3-12)19(26)27/h2-9,11H,10H2,1H3,(H,21,25)(H,26,27)(H,22,23,24). The van der Waals surface area contributed by atoms with Crippen LogP contribution in [0, 0.1) is 0 Å². The predicted molar refractivity (Wildman–Crippen MR) is 108 cm³/mol. The van der Waals surface area contributed by atoms with Crippen LogP contribution >= 0.6 is 11.3 Å². The number of nitrogens with one attached hydrogen (secondary N) is 2. The molecule has 1 aromatic heterocycles. The summed E-state index contributed by atoms with van der Waals surface area (Å²) in [6.45, 7) is 0.226. The fourth-order valence-corrected chi connectivity index (χ4v) is 3.07. The van der Waals surface area contributed by atoms with E-state index in [2.05, 4.69) is 15.6 Å². The number of aromatic nitrogens is 1. The van der Waals surface area contributed by atoms with Crippen molar-refractivity contribution >= 4 is 34.3 Å². The third-order valence-corrected chi connectivity index (χ3v) is 4.72. The zero-order valence-electron chi connectivity index (χ0n) is 15.3. The number of hydrogen-bond acceptors (Lipinski definition) is 6. The Labute approximate surface area is 170 Å². The largest absolute Gasteiger partial charge is 0.497 e. The summed E-state index contributed by atoms with van der Waals surface area (Å²) in [5.74, 6) is -1.10. The lowest BCUT2D eigenvalue weighted by atomic mass is 10.1. The molecule has 148 valence electrons. The molecule has 0 atom stereocenters. The average molecular weight is 411 g/mol. The molecule has 3 N–H and O–H groups in total. The minimum absolute atomic E-state index is 0.178. The van der Waals surface area contributed by atoms with Gasteiger partial charge in [0, 0.05) is 17.5 Å². The summed E-state index contributed by atoms with van der Waals surface area (Å²) in [6, 6.07) is 12.8. The number of hydrogen-bond donors (Lipinski definition) is 3. The molecule has 0 saturated carbocycles. The van der Waals surface area contributed by atoms with Gasteiger partial charge in [-0.2, -0.15) is 0 Å². The Bertz CT molecular complexity index is 1030. The van der Waals surface area contributed by atoms with E-state index < -0.39 is 11.9 Å². The summed E-state index contributed by atoms with van der Waals surface area (Å²) in [5, 5.41) is 16.1. The maximum absolute atomic E-state index is 12.3. The maximum Gasteiger partial charge on any atom is 0.335 e. The number of carboxylic acids is 1. The van der Waals surface area contributed by atoms with E-state index in [1.54, 1.807) is 48.9 Å². The second-order valence-electron chi connectivity index (χ2n) is 5.91. The molecule has 0 aliphatic heterocycles. The number of anilines is 1. The summed E-state index contributed by atoms with van der Waals surface area (Å²) < 4.78 is 5.06. The van der Waals surface area contributed by atoms with Crippen molar-refractivity contribution in [1.82, 2.24) is 10.3 Å². The van der Waals surface area contributed by atoms with Crippen LogP contribution in [0.5, 0.6) is 5.75 Å². The summed E-state index contributed by atoms with van der Waals surface area (Å²) in [5.41, 5.74) is 1.56. The van der Waals surface area contributed by atoms with Gasteiger partial charge >= 0.3 is 5.97 Å². The Morgan fingerprint density at radius 1 is 1.00 bits per heavy atom. The molecule has 8 nitrogen and oxygen atoms in total. The summed E-state index contributed by atoms with van der Waals surface area (Å²) in [7, 11) is 1.54. The molecule has 1 heterocycles. The van der Waals surface area contributed by atoms with Crippen molar-refractivity contribution in [2.24, 2.45) is 0 Å². The summed E-state index contributed by atoms with van der Waals surface area (Å²) in [6.07, 6.45) is 0. The minimum Gasteiger partial charge on any atom is -0.497 e. The van der Waals surface area contributed by atoms with E-state index in [0.717, 1.165) is 16.9 Å². The van der Waals surface area contributed by atoms with Crippen LogP contribution in [0.1, 0.15) is 36.8 Å². The van der Waals surface area contributed by atoms with Gasteiger partial charge in [0.1, 0.15) is 11.4 Å². The minimum atomic E-state index is -1.01. The van der Waals surface area contributed by atoms with E-state index in [4.69, 9.17) is 9.84 Å². The van der Waals surface area contributed by atoms with Crippen LogP contribution in [0.3, 0.4) is 0 Å². The predicted octanol–water partition coefficient (Wildman–Crippen LogP) is 3.03. The van der Waals surface area contributed by atoms with E-state index in [9.17, 15) is 14.4 Å². The van der Waals surface area contributed by atoms with Gasteiger partial charge in [-0.1, -0.05) is 12.1 Å². The van der Waals surface area contributed by atoms with Gasteiger partial charge in [0.05, 0.1) is 12.7 Å². The van der Waals surface area contributed by atoms with E-state index >= 15 is 0 Å². The molecule has 0 saturated heterocycles. The molecule has 0 aliphatic carbocycles. The second kappa shape index (κ2) is 8.98. The highest BCUT2D eigenvalue weighted by Crippen LogP contribution is 2.18. The maximum atomic E-state index is 12.3. The number of methoxy groups -OCH3 is 1. The zero-order valence-corrected chi connectivity index (χ0v) is 16.2. The van der Waals surface area contributed by atoms with Crippen LogP contribution in [-0.4, -0.2) is 35.0 Å². The molecule has 2 aromatic carbocycles. The van der Waals surface area contributed by atoms with Gasteiger partial charge in [0.2, 0.25) is 0 Å². The molecular formula is C20H17N3O5S. The number of thiazole rings is 1. The summed E-state index contributed by atoms with van der Waals surface area (Å²) >= 11 is 1.14. The van der Waals surface area contributed by atoms with Crippen LogP contribution in [0.25, 0.3) is 0 Å². The molecule has 0 radical (unpaired) electrons. The number of carbonyl (C=O) groups excluding carboxylic acids is 2. The van der Waals surface area contributed by atoms with Crippen molar-refractivity contribution in [1.29, 1.82) is 0 Å². The van der Waals surface area contributed by atoms with Gasteiger partial charge < -0.3 is 15.2 Å². The van der Waals surface area contributed by atoms with Gasteiger partial charge in [-0.3, -0.25) is 14.9 Å². The van der Waals surface area contributed by atoms with Gasteiger partial charge in [0.25, 0.3) is 11.8 Å². The Kier molecular flexibility index (Phi) is 6.20. The number of ether oxygens (including phenoxy) is 1. The van der Waals surface area contributed by atoms with E-state index in [-0.39, 0.29) is 23.7 Å². The number of benzene rings is 2. The van der Waals surface area contributed by atoms with Crippen LogP contribution in [0.4, 0.5) is 5.13 Å². The average Bonchev–Trinajstić information content (AvgIpc) is 3.21. The normalized spacial score (nSPS) is 10.2. The smallest absolute Gasteiger partial charge is 0.335 e. The molecule has 0 aliphatic rings. The molecule has 3 aromatic rings. The Balaban J connectivity index is 1.56. The number of amides is 2. The second-order valence-corrected chi connectivity index (χ2v) is 6.76. The van der Waals surface area contributed by atoms with Crippen LogP contribution in [0.2, 0.25) is 0 Å². The van der Waals surface area contributed by atoms with Gasteiger partial charge in [-0.15, -0.1) is 11.3 Å². The van der Waals surface area contributed by atoms with Crippen LogP contribution in [0.15, 0.2) is 53.9 Å². The van der Waals surface area contributed by atoms with Gasteiger partial charge in [-0.25, -0.2) is 9.78 Å². The summed E-state index contributed by atoms with van der Waals surface area (Å²) in [4.78, 5) is 39.5. The molecule has 29 heavy (non-hydrogen) atoms. The highest BCUT2D eigenvalue weighted by atomic mass is 32.1. The Hall–Kier alpha value is -3.72. The van der Waals surface area contributed by atoms with Crippen molar-refractivity contribution in [2.45, 2.75) is 6.54 Å². The monoisotopic (exact) mass is 411 g/mol. The fourth-order valence-electron chi connectivity index (χ4n) is 2.39. The van der Waals surface area contributed by atoms with Crippen molar-refractivity contribution in [3.63, 3.8) is 0 Å². The molecule has 3 rings (SSSR count). The number of aromatic carboxylic acids is 1. The Morgan fingerprint density at radius 2 is 1.66 bits per heavy atom. The number of carboxylic acid groups (broad SMARTS) is 1. The highest BCUT2D eigenvalue weighted by molar-refractivity contribution is 7.14.